The van der Waals surface area contributed by atoms with Crippen molar-refractivity contribution in [2.75, 3.05) is 13.1 Å². The number of aromatic nitrogens is 3. The van der Waals surface area contributed by atoms with Crippen LogP contribution in [0.5, 0.6) is 0 Å². The topological polar surface area (TPSA) is 80.2 Å². The molecule has 7 heteroatoms. The van der Waals surface area contributed by atoms with E-state index in [-0.39, 0.29) is 12.1 Å². The minimum Gasteiger partial charge on any atom is -0.444 e. The largest absolute Gasteiger partial charge is 0.444 e. The van der Waals surface area contributed by atoms with Crippen molar-refractivity contribution in [1.29, 1.82) is 0 Å². The number of nitrogens with zero attached hydrogens (tertiary/aromatic N) is 4. The third-order valence-corrected chi connectivity index (χ3v) is 4.98. The highest BCUT2D eigenvalue weighted by molar-refractivity contribution is 5.82. The third kappa shape index (κ3) is 2.63. The van der Waals surface area contributed by atoms with E-state index in [0.717, 1.165) is 36.0 Å². The molecule has 2 aromatic heterocycles. The minimum atomic E-state index is -0.530. The quantitative estimate of drug-likeness (QED) is 0.857. The van der Waals surface area contributed by atoms with Gasteiger partial charge in [-0.3, -0.25) is 9.88 Å². The van der Waals surface area contributed by atoms with Gasteiger partial charge in [0.15, 0.2) is 0 Å². The highest BCUT2D eigenvalue weighted by Crippen LogP contribution is 2.45. The first-order valence-electron chi connectivity index (χ1n) is 8.69. The Morgan fingerprint density at radius 3 is 3.04 bits per heavy atom. The van der Waals surface area contributed by atoms with Gasteiger partial charge in [0, 0.05) is 36.9 Å². The average molecular weight is 341 g/mol. The van der Waals surface area contributed by atoms with Gasteiger partial charge >= 0.3 is 6.09 Å². The van der Waals surface area contributed by atoms with Gasteiger partial charge in [-0.15, -0.1) is 0 Å². The predicted molar refractivity (Wildman–Crippen MR) is 93.0 cm³/mol. The monoisotopic (exact) mass is 341 g/mol. The SMILES string of the molecule is CC(C)(C)OC(=O)N1C2CCC1(c1ncnc3ccncc13)CNC2. The Morgan fingerprint density at radius 1 is 1.40 bits per heavy atom. The Labute approximate surface area is 146 Å². The van der Waals surface area contributed by atoms with Crippen LogP contribution in [0.2, 0.25) is 0 Å². The van der Waals surface area contributed by atoms with Crippen molar-refractivity contribution in [3.8, 4) is 0 Å². The van der Waals surface area contributed by atoms with E-state index in [9.17, 15) is 4.79 Å². The number of piperazine rings is 1. The Bertz CT molecular complexity index is 809. The van der Waals surface area contributed by atoms with Crippen LogP contribution in [0.1, 0.15) is 39.3 Å². The van der Waals surface area contributed by atoms with Gasteiger partial charge < -0.3 is 10.1 Å². The van der Waals surface area contributed by atoms with Crippen LogP contribution in [0.4, 0.5) is 4.79 Å². The van der Waals surface area contributed by atoms with E-state index < -0.39 is 11.1 Å². The number of hydrogen-bond donors (Lipinski definition) is 1. The molecular formula is C18H23N5O2. The summed E-state index contributed by atoms with van der Waals surface area (Å²) in [5.74, 6) is 0. The van der Waals surface area contributed by atoms with Crippen LogP contribution in [-0.2, 0) is 10.3 Å². The number of rotatable bonds is 1. The van der Waals surface area contributed by atoms with Gasteiger partial charge in [0.25, 0.3) is 0 Å². The number of fused-ring (bicyclic) bond motifs is 3. The van der Waals surface area contributed by atoms with Crippen molar-refractivity contribution in [3.05, 3.63) is 30.5 Å². The second-order valence-corrected chi connectivity index (χ2v) is 7.82. The van der Waals surface area contributed by atoms with E-state index in [4.69, 9.17) is 4.74 Å². The molecule has 2 fully saturated rings. The fourth-order valence-electron chi connectivity index (χ4n) is 4.04. The number of pyridine rings is 1. The summed E-state index contributed by atoms with van der Waals surface area (Å²) in [6, 6.07) is 1.99. The molecule has 0 aromatic carbocycles. The summed E-state index contributed by atoms with van der Waals surface area (Å²) in [4.78, 5) is 28.1. The molecule has 1 N–H and O–H groups in total. The minimum absolute atomic E-state index is 0.116. The fraction of sp³-hybridized carbons (Fsp3) is 0.556. The van der Waals surface area contributed by atoms with Gasteiger partial charge in [0.2, 0.25) is 0 Å². The van der Waals surface area contributed by atoms with E-state index in [0.29, 0.717) is 6.54 Å². The number of carbonyl (C=O) groups excluding carboxylic acids is 1. The van der Waals surface area contributed by atoms with E-state index in [1.165, 1.54) is 0 Å². The van der Waals surface area contributed by atoms with E-state index >= 15 is 0 Å². The lowest BCUT2D eigenvalue weighted by Gasteiger charge is -2.45. The number of amides is 1. The van der Waals surface area contributed by atoms with Crippen LogP contribution in [-0.4, -0.2) is 50.7 Å². The number of nitrogens with one attached hydrogen (secondary N) is 1. The molecule has 2 aromatic rings. The van der Waals surface area contributed by atoms with Crippen molar-refractivity contribution in [3.63, 3.8) is 0 Å². The van der Waals surface area contributed by atoms with Crippen LogP contribution >= 0.6 is 0 Å². The summed E-state index contributed by atoms with van der Waals surface area (Å²) in [7, 11) is 0. The van der Waals surface area contributed by atoms with E-state index in [1.807, 2.05) is 31.7 Å². The molecule has 0 saturated carbocycles. The number of ether oxygens (including phenoxy) is 1. The Hall–Kier alpha value is -2.28. The second-order valence-electron chi connectivity index (χ2n) is 7.82. The summed E-state index contributed by atoms with van der Waals surface area (Å²) in [5, 5.41) is 4.36. The lowest BCUT2D eigenvalue weighted by Crippen LogP contribution is -2.61. The fourth-order valence-corrected chi connectivity index (χ4v) is 4.04. The molecule has 2 aliphatic heterocycles. The van der Waals surface area contributed by atoms with Gasteiger partial charge in [-0.05, 0) is 39.7 Å². The Kier molecular flexibility index (Phi) is 3.64. The first-order valence-corrected chi connectivity index (χ1v) is 8.69. The zero-order valence-corrected chi connectivity index (χ0v) is 14.8. The standard InChI is InChI=1S/C18H23N5O2/c1-17(2,3)25-16(24)23-12-4-6-18(23,10-20-8-12)15-13-9-19-7-5-14(13)21-11-22-15/h5,7,9,11-12,20H,4,6,8,10H2,1-3H3. The average Bonchev–Trinajstić information content (AvgIpc) is 2.80. The highest BCUT2D eigenvalue weighted by Gasteiger charge is 2.55. The van der Waals surface area contributed by atoms with Crippen LogP contribution in [0.25, 0.3) is 10.9 Å². The molecule has 25 heavy (non-hydrogen) atoms. The molecule has 1 amide bonds. The molecule has 4 heterocycles. The van der Waals surface area contributed by atoms with Gasteiger partial charge in [-0.1, -0.05) is 0 Å². The van der Waals surface area contributed by atoms with Crippen LogP contribution in [0, 0.1) is 0 Å². The molecule has 2 atom stereocenters. The predicted octanol–water partition coefficient (Wildman–Crippen LogP) is 2.22. The molecule has 2 saturated heterocycles. The molecule has 2 unspecified atom stereocenters. The highest BCUT2D eigenvalue weighted by atomic mass is 16.6. The molecule has 4 rings (SSSR count). The maximum absolute atomic E-state index is 13.0. The summed E-state index contributed by atoms with van der Waals surface area (Å²) in [5.41, 5.74) is 0.645. The summed E-state index contributed by atoms with van der Waals surface area (Å²) >= 11 is 0. The molecular weight excluding hydrogens is 318 g/mol. The van der Waals surface area contributed by atoms with Crippen molar-refractivity contribution in [2.45, 2.75) is 50.8 Å². The van der Waals surface area contributed by atoms with Gasteiger partial charge in [-0.2, -0.15) is 0 Å². The normalized spacial score (nSPS) is 26.0. The molecule has 0 spiro atoms. The molecule has 0 radical (unpaired) electrons. The van der Waals surface area contributed by atoms with E-state index in [1.54, 1.807) is 18.7 Å². The van der Waals surface area contributed by atoms with Crippen LogP contribution < -0.4 is 5.32 Å². The maximum Gasteiger partial charge on any atom is 0.411 e. The van der Waals surface area contributed by atoms with E-state index in [2.05, 4.69) is 20.3 Å². The first-order chi connectivity index (χ1) is 11.9. The van der Waals surface area contributed by atoms with Crippen LogP contribution in [0.15, 0.2) is 24.8 Å². The van der Waals surface area contributed by atoms with Crippen molar-refractivity contribution in [2.24, 2.45) is 0 Å². The third-order valence-electron chi connectivity index (χ3n) is 4.98. The summed E-state index contributed by atoms with van der Waals surface area (Å²) in [6.07, 6.45) is 6.59. The summed E-state index contributed by atoms with van der Waals surface area (Å²) in [6.45, 7) is 7.12. The zero-order chi connectivity index (χ0) is 17.7. The first kappa shape index (κ1) is 16.2. The van der Waals surface area contributed by atoms with Crippen LogP contribution in [0.3, 0.4) is 0 Å². The number of carbonyl (C=O) groups is 1. The van der Waals surface area contributed by atoms with Crippen molar-refractivity contribution < 1.29 is 9.53 Å². The molecule has 0 aliphatic carbocycles. The Morgan fingerprint density at radius 2 is 2.24 bits per heavy atom. The Balaban J connectivity index is 1.83. The lowest BCUT2D eigenvalue weighted by molar-refractivity contribution is -0.0121. The maximum atomic E-state index is 13.0. The molecule has 2 aliphatic rings. The zero-order valence-electron chi connectivity index (χ0n) is 14.8. The smallest absolute Gasteiger partial charge is 0.411 e. The lowest BCUT2D eigenvalue weighted by atomic mass is 9.89. The van der Waals surface area contributed by atoms with Crippen molar-refractivity contribution >= 4 is 17.0 Å². The van der Waals surface area contributed by atoms with Gasteiger partial charge in [-0.25, -0.2) is 14.8 Å². The second kappa shape index (κ2) is 5.62. The number of hydrogen-bond acceptors (Lipinski definition) is 6. The molecule has 7 nitrogen and oxygen atoms in total. The van der Waals surface area contributed by atoms with Gasteiger partial charge in [0.1, 0.15) is 17.5 Å². The van der Waals surface area contributed by atoms with Crippen molar-refractivity contribution in [1.82, 2.24) is 25.2 Å². The summed E-state index contributed by atoms with van der Waals surface area (Å²) < 4.78 is 5.72. The van der Waals surface area contributed by atoms with Gasteiger partial charge in [0.05, 0.1) is 11.2 Å². The molecule has 132 valence electrons. The molecule has 2 bridgehead atoms.